The number of piperidine rings is 1. The van der Waals surface area contributed by atoms with Crippen LogP contribution >= 0.6 is 0 Å². The number of hydrogen-bond donors (Lipinski definition) is 0. The molecule has 0 N–H and O–H groups in total. The third-order valence-corrected chi connectivity index (χ3v) is 4.33. The second-order valence-electron chi connectivity index (χ2n) is 5.58. The van der Waals surface area contributed by atoms with Gasteiger partial charge < -0.3 is 4.57 Å². The first-order valence-corrected chi connectivity index (χ1v) is 7.47. The minimum absolute atomic E-state index is 0.693. The van der Waals surface area contributed by atoms with Crippen LogP contribution in [0.3, 0.4) is 0 Å². The van der Waals surface area contributed by atoms with E-state index < -0.39 is 0 Å². The van der Waals surface area contributed by atoms with Crippen LogP contribution in [0.15, 0.2) is 24.3 Å². The van der Waals surface area contributed by atoms with Gasteiger partial charge in [0.25, 0.3) is 0 Å². The van der Waals surface area contributed by atoms with Crippen LogP contribution in [0.5, 0.6) is 0 Å². The summed E-state index contributed by atoms with van der Waals surface area (Å²) in [6.07, 6.45) is 4.03. The number of likely N-dealkylation sites (tertiary alicyclic amines) is 1. The molecule has 0 spiro atoms. The van der Waals surface area contributed by atoms with Crippen molar-refractivity contribution >= 4 is 11.0 Å². The summed E-state index contributed by atoms with van der Waals surface area (Å²) < 4.78 is 2.36. The highest BCUT2D eigenvalue weighted by Gasteiger charge is 2.20. The second kappa shape index (κ2) is 5.33. The second-order valence-corrected chi connectivity index (χ2v) is 5.58. The van der Waals surface area contributed by atoms with E-state index in [1.165, 1.54) is 37.1 Å². The predicted molar refractivity (Wildman–Crippen MR) is 79.1 cm³/mol. The number of para-hydroxylation sites is 2. The molecule has 1 atom stereocenters. The molecular formula is C16H23N3. The van der Waals surface area contributed by atoms with Gasteiger partial charge in [0, 0.05) is 12.6 Å². The summed E-state index contributed by atoms with van der Waals surface area (Å²) in [6, 6.07) is 9.16. The lowest BCUT2D eigenvalue weighted by Gasteiger charge is -2.33. The number of hydrogen-bond acceptors (Lipinski definition) is 2. The zero-order chi connectivity index (χ0) is 13.2. The van der Waals surface area contributed by atoms with Crippen molar-refractivity contribution in [2.24, 2.45) is 0 Å². The number of aromatic nitrogens is 2. The number of benzene rings is 1. The van der Waals surface area contributed by atoms with Crippen LogP contribution in [0.2, 0.25) is 0 Å². The Morgan fingerprint density at radius 3 is 2.89 bits per heavy atom. The fourth-order valence-electron chi connectivity index (χ4n) is 3.17. The Hall–Kier alpha value is -1.35. The molecule has 0 bridgehead atoms. The summed E-state index contributed by atoms with van der Waals surface area (Å²) >= 11 is 0. The number of fused-ring (bicyclic) bond motifs is 1. The first kappa shape index (κ1) is 12.7. The lowest BCUT2D eigenvalue weighted by molar-refractivity contribution is 0.147. The summed E-state index contributed by atoms with van der Waals surface area (Å²) in [7, 11) is 0. The normalized spacial score (nSPS) is 21.1. The molecule has 1 aromatic heterocycles. The first-order chi connectivity index (χ1) is 9.29. The van der Waals surface area contributed by atoms with Crippen LogP contribution in [0.4, 0.5) is 0 Å². The molecule has 1 aliphatic rings. The minimum atomic E-state index is 0.693. The van der Waals surface area contributed by atoms with Gasteiger partial charge >= 0.3 is 0 Å². The van der Waals surface area contributed by atoms with Gasteiger partial charge in [-0.1, -0.05) is 18.6 Å². The molecule has 2 aromatic rings. The molecule has 1 aliphatic heterocycles. The fraction of sp³-hybridized carbons (Fsp3) is 0.562. The van der Waals surface area contributed by atoms with Crippen molar-refractivity contribution < 1.29 is 0 Å². The average Bonchev–Trinajstić information content (AvgIpc) is 2.78. The van der Waals surface area contributed by atoms with Gasteiger partial charge in [-0.2, -0.15) is 0 Å². The smallest absolute Gasteiger partial charge is 0.124 e. The van der Waals surface area contributed by atoms with E-state index in [2.05, 4.69) is 47.6 Å². The van der Waals surface area contributed by atoms with Crippen molar-refractivity contribution in [3.63, 3.8) is 0 Å². The zero-order valence-electron chi connectivity index (χ0n) is 12.0. The Morgan fingerprint density at radius 2 is 2.11 bits per heavy atom. The van der Waals surface area contributed by atoms with E-state index in [0.717, 1.165) is 18.6 Å². The summed E-state index contributed by atoms with van der Waals surface area (Å²) in [4.78, 5) is 7.41. The van der Waals surface area contributed by atoms with E-state index in [0.29, 0.717) is 6.04 Å². The van der Waals surface area contributed by atoms with E-state index in [4.69, 9.17) is 4.98 Å². The lowest BCUT2D eigenvalue weighted by atomic mass is 10.0. The molecule has 2 heterocycles. The monoisotopic (exact) mass is 257 g/mol. The summed E-state index contributed by atoms with van der Waals surface area (Å²) in [5.41, 5.74) is 2.40. The molecule has 1 saturated heterocycles. The van der Waals surface area contributed by atoms with Crippen LogP contribution in [0.1, 0.15) is 38.9 Å². The largest absolute Gasteiger partial charge is 0.327 e. The van der Waals surface area contributed by atoms with Gasteiger partial charge in [-0.25, -0.2) is 4.98 Å². The molecule has 3 rings (SSSR count). The average molecular weight is 257 g/mol. The van der Waals surface area contributed by atoms with Crippen LogP contribution in [0, 0.1) is 0 Å². The highest BCUT2D eigenvalue weighted by molar-refractivity contribution is 5.75. The molecule has 19 heavy (non-hydrogen) atoms. The molecule has 3 heteroatoms. The molecule has 1 fully saturated rings. The third-order valence-electron chi connectivity index (χ3n) is 4.33. The number of rotatable bonds is 3. The van der Waals surface area contributed by atoms with Crippen molar-refractivity contribution in [3.05, 3.63) is 30.1 Å². The van der Waals surface area contributed by atoms with Gasteiger partial charge in [-0.3, -0.25) is 4.90 Å². The minimum Gasteiger partial charge on any atom is -0.327 e. The molecule has 0 saturated carbocycles. The molecule has 102 valence electrons. The predicted octanol–water partition coefficient (Wildman–Crippen LogP) is 3.43. The molecule has 3 nitrogen and oxygen atoms in total. The van der Waals surface area contributed by atoms with E-state index >= 15 is 0 Å². The van der Waals surface area contributed by atoms with Gasteiger partial charge in [-0.15, -0.1) is 0 Å². The topological polar surface area (TPSA) is 21.1 Å². The van der Waals surface area contributed by atoms with Crippen molar-refractivity contribution in [3.8, 4) is 0 Å². The highest BCUT2D eigenvalue weighted by Crippen LogP contribution is 2.21. The third kappa shape index (κ3) is 2.39. The quantitative estimate of drug-likeness (QED) is 0.840. The van der Waals surface area contributed by atoms with Gasteiger partial charge in [0.1, 0.15) is 5.82 Å². The van der Waals surface area contributed by atoms with E-state index in [-0.39, 0.29) is 0 Å². The van der Waals surface area contributed by atoms with Crippen LogP contribution in [0.25, 0.3) is 11.0 Å². The van der Waals surface area contributed by atoms with Gasteiger partial charge in [0.2, 0.25) is 0 Å². The Labute approximate surface area is 115 Å². The van der Waals surface area contributed by atoms with Crippen LogP contribution in [-0.4, -0.2) is 27.0 Å². The molecule has 0 unspecified atom stereocenters. The summed E-state index contributed by atoms with van der Waals surface area (Å²) in [5, 5.41) is 0. The van der Waals surface area contributed by atoms with Crippen molar-refractivity contribution in [1.29, 1.82) is 0 Å². The van der Waals surface area contributed by atoms with Gasteiger partial charge in [0.15, 0.2) is 0 Å². The highest BCUT2D eigenvalue weighted by atomic mass is 15.2. The molecule has 0 amide bonds. The number of nitrogens with zero attached hydrogens (tertiary/aromatic N) is 3. The van der Waals surface area contributed by atoms with Gasteiger partial charge in [0.05, 0.1) is 17.6 Å². The van der Waals surface area contributed by atoms with Crippen molar-refractivity contribution in [2.45, 2.75) is 52.2 Å². The fourth-order valence-corrected chi connectivity index (χ4v) is 3.17. The zero-order valence-corrected chi connectivity index (χ0v) is 12.0. The molecular weight excluding hydrogens is 234 g/mol. The maximum absolute atomic E-state index is 4.83. The van der Waals surface area contributed by atoms with Crippen LogP contribution in [-0.2, 0) is 13.1 Å². The lowest BCUT2D eigenvalue weighted by Crippen LogP contribution is -2.37. The van der Waals surface area contributed by atoms with Crippen molar-refractivity contribution in [1.82, 2.24) is 14.5 Å². The molecule has 0 radical (unpaired) electrons. The van der Waals surface area contributed by atoms with Crippen LogP contribution < -0.4 is 0 Å². The maximum Gasteiger partial charge on any atom is 0.124 e. The summed E-state index contributed by atoms with van der Waals surface area (Å²) in [5.74, 6) is 1.22. The van der Waals surface area contributed by atoms with E-state index in [1.807, 2.05) is 0 Å². The number of imidazole rings is 1. The van der Waals surface area contributed by atoms with E-state index in [9.17, 15) is 0 Å². The molecule has 1 aromatic carbocycles. The Morgan fingerprint density at radius 1 is 1.26 bits per heavy atom. The van der Waals surface area contributed by atoms with E-state index in [1.54, 1.807) is 0 Å². The Kier molecular flexibility index (Phi) is 3.56. The van der Waals surface area contributed by atoms with Gasteiger partial charge in [-0.05, 0) is 45.4 Å². The Bertz CT molecular complexity index is 558. The number of aryl methyl sites for hydroxylation is 1. The SMILES string of the molecule is CCn1c(CN2CCCC[C@H]2C)nc2ccccc21. The van der Waals surface area contributed by atoms with Crippen molar-refractivity contribution in [2.75, 3.05) is 6.54 Å². The summed E-state index contributed by atoms with van der Waals surface area (Å²) in [6.45, 7) is 7.76. The standard InChI is InChI=1S/C16H23N3/c1-3-19-15-10-5-4-9-14(15)17-16(19)12-18-11-7-6-8-13(18)2/h4-5,9-10,13H,3,6-8,11-12H2,1-2H3/t13-/m1/s1. The Balaban J connectivity index is 1.91. The first-order valence-electron chi connectivity index (χ1n) is 7.47. The maximum atomic E-state index is 4.83. The molecule has 0 aliphatic carbocycles.